The molecule has 1 atom stereocenters. The van der Waals surface area contributed by atoms with E-state index in [0.29, 0.717) is 11.3 Å². The Balaban J connectivity index is 4.71. The van der Waals surface area contributed by atoms with Gasteiger partial charge in [-0.2, -0.15) is 0 Å². The van der Waals surface area contributed by atoms with Gasteiger partial charge in [0.2, 0.25) is 0 Å². The Morgan fingerprint density at radius 3 is 2.00 bits per heavy atom. The molecule has 2 heteroatoms. The zero-order chi connectivity index (χ0) is 12.6. The molecule has 2 nitrogen and oxygen atoms in total. The Labute approximate surface area is 102 Å². The number of methoxy groups -OCH3 is 1. The fourth-order valence-electron chi connectivity index (χ4n) is 2.51. The van der Waals surface area contributed by atoms with Crippen LogP contribution in [-0.2, 0) is 4.74 Å². The van der Waals surface area contributed by atoms with Crippen LogP contribution in [0.25, 0.3) is 0 Å². The van der Waals surface area contributed by atoms with Crippen molar-refractivity contribution >= 4 is 0 Å². The van der Waals surface area contributed by atoms with Gasteiger partial charge in [-0.05, 0) is 25.4 Å². The molecule has 0 aromatic carbocycles. The summed E-state index contributed by atoms with van der Waals surface area (Å²) in [5.41, 5.74) is 0.329. The van der Waals surface area contributed by atoms with E-state index in [1.54, 1.807) is 0 Å². The maximum absolute atomic E-state index is 5.48. The van der Waals surface area contributed by atoms with Crippen molar-refractivity contribution in [3.05, 3.63) is 0 Å². The highest BCUT2D eigenvalue weighted by molar-refractivity contribution is 4.85. The van der Waals surface area contributed by atoms with Gasteiger partial charge < -0.3 is 9.64 Å². The molecule has 0 radical (unpaired) electrons. The highest BCUT2D eigenvalue weighted by Gasteiger charge is 2.34. The molecule has 0 spiro atoms. The smallest absolute Gasteiger partial charge is 0.0533 e. The average Bonchev–Trinajstić information content (AvgIpc) is 2.26. The van der Waals surface area contributed by atoms with Crippen LogP contribution >= 0.6 is 0 Å². The lowest BCUT2D eigenvalue weighted by atomic mass is 9.74. The summed E-state index contributed by atoms with van der Waals surface area (Å²) in [5, 5.41) is 0. The molecule has 0 aromatic rings. The molecule has 16 heavy (non-hydrogen) atoms. The fourth-order valence-corrected chi connectivity index (χ4v) is 2.51. The third-order valence-corrected chi connectivity index (χ3v) is 3.84. The molecule has 0 bridgehead atoms. The van der Waals surface area contributed by atoms with Gasteiger partial charge in [0.15, 0.2) is 0 Å². The van der Waals surface area contributed by atoms with Crippen molar-refractivity contribution in [3.63, 3.8) is 0 Å². The number of rotatable bonds is 9. The van der Waals surface area contributed by atoms with Crippen molar-refractivity contribution in [3.8, 4) is 0 Å². The number of nitrogens with zero attached hydrogens (tertiary/aromatic N) is 1. The van der Waals surface area contributed by atoms with Crippen molar-refractivity contribution in [2.75, 3.05) is 33.4 Å². The van der Waals surface area contributed by atoms with Gasteiger partial charge in [-0.15, -0.1) is 0 Å². The zero-order valence-electron chi connectivity index (χ0n) is 12.2. The SMILES string of the molecule is CCCC(COC)(CN(CC)CC)C(C)C. The second-order valence-corrected chi connectivity index (χ2v) is 5.16. The van der Waals surface area contributed by atoms with E-state index in [9.17, 15) is 0 Å². The predicted octanol–water partition coefficient (Wildman–Crippen LogP) is 3.42. The van der Waals surface area contributed by atoms with Crippen LogP contribution in [0.15, 0.2) is 0 Å². The highest BCUT2D eigenvalue weighted by atomic mass is 16.5. The van der Waals surface area contributed by atoms with E-state index in [-0.39, 0.29) is 0 Å². The Kier molecular flexibility index (Phi) is 8.04. The minimum Gasteiger partial charge on any atom is -0.384 e. The molecule has 0 aliphatic rings. The molecule has 0 saturated carbocycles. The molecule has 98 valence electrons. The van der Waals surface area contributed by atoms with Gasteiger partial charge in [0.05, 0.1) is 6.61 Å². The van der Waals surface area contributed by atoms with E-state index in [2.05, 4.69) is 39.5 Å². The van der Waals surface area contributed by atoms with Crippen LogP contribution < -0.4 is 0 Å². The summed E-state index contributed by atoms with van der Waals surface area (Å²) < 4.78 is 5.48. The van der Waals surface area contributed by atoms with Crippen LogP contribution in [0.2, 0.25) is 0 Å². The lowest BCUT2D eigenvalue weighted by Gasteiger charge is -2.40. The lowest BCUT2D eigenvalue weighted by molar-refractivity contribution is 0.00632. The van der Waals surface area contributed by atoms with Gasteiger partial charge in [0.1, 0.15) is 0 Å². The molecular formula is C14H31NO. The van der Waals surface area contributed by atoms with E-state index < -0.39 is 0 Å². The predicted molar refractivity (Wildman–Crippen MR) is 71.8 cm³/mol. The molecule has 0 amide bonds. The van der Waals surface area contributed by atoms with Crippen LogP contribution in [0.5, 0.6) is 0 Å². The Bertz CT molecular complexity index is 158. The molecule has 0 aromatic heterocycles. The first-order valence-electron chi connectivity index (χ1n) is 6.77. The second kappa shape index (κ2) is 8.08. The summed E-state index contributed by atoms with van der Waals surface area (Å²) in [4.78, 5) is 2.52. The Morgan fingerprint density at radius 1 is 1.12 bits per heavy atom. The van der Waals surface area contributed by atoms with Crippen LogP contribution in [0.3, 0.4) is 0 Å². The summed E-state index contributed by atoms with van der Waals surface area (Å²) >= 11 is 0. The van der Waals surface area contributed by atoms with Crippen LogP contribution in [0.4, 0.5) is 0 Å². The maximum Gasteiger partial charge on any atom is 0.0533 e. The minimum absolute atomic E-state index is 0.329. The monoisotopic (exact) mass is 229 g/mol. The molecule has 0 N–H and O–H groups in total. The number of hydrogen-bond donors (Lipinski definition) is 0. The first-order valence-corrected chi connectivity index (χ1v) is 6.77. The average molecular weight is 229 g/mol. The maximum atomic E-state index is 5.48. The van der Waals surface area contributed by atoms with Gasteiger partial charge in [-0.25, -0.2) is 0 Å². The first kappa shape index (κ1) is 15.9. The largest absolute Gasteiger partial charge is 0.384 e. The summed E-state index contributed by atoms with van der Waals surface area (Å²) in [7, 11) is 1.83. The van der Waals surface area contributed by atoms with Gasteiger partial charge in [0, 0.05) is 19.1 Å². The Morgan fingerprint density at radius 2 is 1.69 bits per heavy atom. The topological polar surface area (TPSA) is 12.5 Å². The number of hydrogen-bond acceptors (Lipinski definition) is 2. The van der Waals surface area contributed by atoms with Crippen molar-refractivity contribution in [1.82, 2.24) is 4.90 Å². The van der Waals surface area contributed by atoms with Gasteiger partial charge in [0.25, 0.3) is 0 Å². The minimum atomic E-state index is 0.329. The molecule has 0 fully saturated rings. The Hall–Kier alpha value is -0.0800. The van der Waals surface area contributed by atoms with Crippen LogP contribution in [0.1, 0.15) is 47.5 Å². The molecule has 0 rings (SSSR count). The summed E-state index contributed by atoms with van der Waals surface area (Å²) in [6.07, 6.45) is 2.50. The van der Waals surface area contributed by atoms with Gasteiger partial charge in [-0.1, -0.05) is 41.0 Å². The summed E-state index contributed by atoms with van der Waals surface area (Å²) in [6.45, 7) is 15.7. The van der Waals surface area contributed by atoms with Crippen molar-refractivity contribution in [2.24, 2.45) is 11.3 Å². The van der Waals surface area contributed by atoms with E-state index in [4.69, 9.17) is 4.74 Å². The van der Waals surface area contributed by atoms with Crippen molar-refractivity contribution < 1.29 is 4.74 Å². The highest BCUT2D eigenvalue weighted by Crippen LogP contribution is 2.34. The van der Waals surface area contributed by atoms with E-state index >= 15 is 0 Å². The van der Waals surface area contributed by atoms with Gasteiger partial charge in [-0.3, -0.25) is 0 Å². The molecule has 0 saturated heterocycles. The second-order valence-electron chi connectivity index (χ2n) is 5.16. The molecule has 0 aliphatic carbocycles. The van der Waals surface area contributed by atoms with Crippen LogP contribution in [-0.4, -0.2) is 38.3 Å². The molecule has 1 unspecified atom stereocenters. The molecular weight excluding hydrogens is 198 g/mol. The van der Waals surface area contributed by atoms with Crippen molar-refractivity contribution in [1.29, 1.82) is 0 Å². The van der Waals surface area contributed by atoms with Crippen LogP contribution in [0, 0.1) is 11.3 Å². The lowest BCUT2D eigenvalue weighted by Crippen LogP contribution is -2.44. The number of ether oxygens (including phenoxy) is 1. The molecule has 0 heterocycles. The zero-order valence-corrected chi connectivity index (χ0v) is 12.2. The fraction of sp³-hybridized carbons (Fsp3) is 1.00. The quantitative estimate of drug-likeness (QED) is 0.601. The summed E-state index contributed by atoms with van der Waals surface area (Å²) in [6, 6.07) is 0. The van der Waals surface area contributed by atoms with E-state index in [0.717, 1.165) is 19.7 Å². The van der Waals surface area contributed by atoms with E-state index in [1.807, 2.05) is 7.11 Å². The molecule has 0 aliphatic heterocycles. The third-order valence-electron chi connectivity index (χ3n) is 3.84. The standard InChI is InChI=1S/C14H31NO/c1-7-10-14(12-16-6,13(4)5)11-15(8-2)9-3/h13H,7-12H2,1-6H3. The first-order chi connectivity index (χ1) is 7.56. The third kappa shape index (κ3) is 4.42. The normalized spacial score (nSPS) is 15.8. The van der Waals surface area contributed by atoms with Gasteiger partial charge >= 0.3 is 0 Å². The van der Waals surface area contributed by atoms with E-state index in [1.165, 1.54) is 19.4 Å². The van der Waals surface area contributed by atoms with Crippen molar-refractivity contribution in [2.45, 2.75) is 47.5 Å². The summed E-state index contributed by atoms with van der Waals surface area (Å²) in [5.74, 6) is 0.674.